The number of ether oxygens (including phenoxy) is 1. The van der Waals surface area contributed by atoms with Gasteiger partial charge in [-0.05, 0) is 18.2 Å². The lowest BCUT2D eigenvalue weighted by atomic mass is 10.1. The van der Waals surface area contributed by atoms with Crippen LogP contribution < -0.4 is 10.1 Å². The largest absolute Gasteiger partial charge is 0.479 e. The van der Waals surface area contributed by atoms with Crippen LogP contribution in [0.5, 0.6) is 5.75 Å². The molecule has 1 heterocycles. The SMILES string of the molecule is O=C(NCC#CCOc1cccc2cccnc12)c1ccccc1[N+](=O)[O-]. The molecule has 1 aromatic heterocycles. The van der Waals surface area contributed by atoms with Crippen molar-refractivity contribution in [3.05, 3.63) is 76.5 Å². The predicted molar refractivity (Wildman–Crippen MR) is 100 cm³/mol. The molecule has 3 aromatic rings. The minimum absolute atomic E-state index is 0.00220. The van der Waals surface area contributed by atoms with E-state index in [1.54, 1.807) is 12.3 Å². The number of nitrogens with one attached hydrogen (secondary N) is 1. The van der Waals surface area contributed by atoms with Crippen molar-refractivity contribution in [1.29, 1.82) is 0 Å². The van der Waals surface area contributed by atoms with Gasteiger partial charge in [0.1, 0.15) is 23.4 Å². The number of rotatable bonds is 5. The molecule has 0 saturated carbocycles. The van der Waals surface area contributed by atoms with Gasteiger partial charge >= 0.3 is 0 Å². The first-order valence-electron chi connectivity index (χ1n) is 8.10. The van der Waals surface area contributed by atoms with E-state index >= 15 is 0 Å². The molecule has 0 aliphatic rings. The fraction of sp³-hybridized carbons (Fsp3) is 0.100. The monoisotopic (exact) mass is 361 g/mol. The van der Waals surface area contributed by atoms with E-state index in [-0.39, 0.29) is 24.4 Å². The Hall–Kier alpha value is -3.92. The average Bonchev–Trinajstić information content (AvgIpc) is 2.70. The van der Waals surface area contributed by atoms with E-state index in [0.717, 1.165) is 10.9 Å². The Morgan fingerprint density at radius 1 is 1.11 bits per heavy atom. The van der Waals surface area contributed by atoms with Crippen LogP contribution in [-0.2, 0) is 0 Å². The molecule has 0 bridgehead atoms. The zero-order chi connectivity index (χ0) is 19.1. The number of para-hydroxylation sites is 2. The molecule has 27 heavy (non-hydrogen) atoms. The minimum atomic E-state index is -0.591. The number of pyridine rings is 1. The van der Waals surface area contributed by atoms with Crippen molar-refractivity contribution >= 4 is 22.5 Å². The number of carbonyl (C=O) groups excluding carboxylic acids is 1. The summed E-state index contributed by atoms with van der Waals surface area (Å²) in [6, 6.07) is 15.2. The molecule has 0 spiro atoms. The lowest BCUT2D eigenvalue weighted by Gasteiger charge is -2.05. The molecular formula is C20H15N3O4. The van der Waals surface area contributed by atoms with Crippen LogP contribution >= 0.6 is 0 Å². The molecular weight excluding hydrogens is 346 g/mol. The average molecular weight is 361 g/mol. The summed E-state index contributed by atoms with van der Waals surface area (Å²) < 4.78 is 5.62. The number of nitro groups is 1. The van der Waals surface area contributed by atoms with Crippen molar-refractivity contribution in [2.75, 3.05) is 13.2 Å². The number of aromatic nitrogens is 1. The van der Waals surface area contributed by atoms with Crippen LogP contribution in [0.15, 0.2) is 60.8 Å². The summed E-state index contributed by atoms with van der Waals surface area (Å²) in [5.74, 6) is 5.64. The van der Waals surface area contributed by atoms with E-state index in [0.29, 0.717) is 5.75 Å². The highest BCUT2D eigenvalue weighted by Crippen LogP contribution is 2.22. The Bertz CT molecular complexity index is 1050. The van der Waals surface area contributed by atoms with Gasteiger partial charge in [0.15, 0.2) is 0 Å². The van der Waals surface area contributed by atoms with Crippen LogP contribution in [-0.4, -0.2) is 29.0 Å². The maximum absolute atomic E-state index is 12.0. The van der Waals surface area contributed by atoms with Gasteiger partial charge in [-0.2, -0.15) is 0 Å². The third-order valence-electron chi connectivity index (χ3n) is 3.70. The highest BCUT2D eigenvalue weighted by atomic mass is 16.6. The van der Waals surface area contributed by atoms with Crippen LogP contribution in [0.3, 0.4) is 0 Å². The number of carbonyl (C=O) groups is 1. The smallest absolute Gasteiger partial charge is 0.282 e. The molecule has 2 aromatic carbocycles. The lowest BCUT2D eigenvalue weighted by Crippen LogP contribution is -2.24. The summed E-state index contributed by atoms with van der Waals surface area (Å²) in [6.07, 6.45) is 1.69. The zero-order valence-electron chi connectivity index (χ0n) is 14.2. The van der Waals surface area contributed by atoms with Gasteiger partial charge in [-0.3, -0.25) is 19.9 Å². The van der Waals surface area contributed by atoms with Gasteiger partial charge in [0.25, 0.3) is 11.6 Å². The van der Waals surface area contributed by atoms with Gasteiger partial charge in [0.05, 0.1) is 11.5 Å². The second-order valence-electron chi connectivity index (χ2n) is 5.43. The number of nitro benzene ring substituents is 1. The van der Waals surface area contributed by atoms with Crippen molar-refractivity contribution in [2.45, 2.75) is 0 Å². The van der Waals surface area contributed by atoms with Crippen LogP contribution in [0.1, 0.15) is 10.4 Å². The van der Waals surface area contributed by atoms with Crippen LogP contribution in [0.25, 0.3) is 10.9 Å². The maximum atomic E-state index is 12.0. The van der Waals surface area contributed by atoms with E-state index in [9.17, 15) is 14.9 Å². The number of benzene rings is 2. The van der Waals surface area contributed by atoms with Gasteiger partial charge in [-0.25, -0.2) is 0 Å². The summed E-state index contributed by atoms with van der Waals surface area (Å²) in [6.45, 7) is 0.194. The third kappa shape index (κ3) is 4.38. The number of hydrogen-bond donors (Lipinski definition) is 1. The molecule has 0 atom stereocenters. The van der Waals surface area contributed by atoms with Gasteiger partial charge in [0, 0.05) is 17.6 Å². The first kappa shape index (κ1) is 17.9. The fourth-order valence-corrected chi connectivity index (χ4v) is 2.46. The molecule has 7 heteroatoms. The molecule has 0 radical (unpaired) electrons. The highest BCUT2D eigenvalue weighted by molar-refractivity contribution is 5.98. The predicted octanol–water partition coefficient (Wildman–Crippen LogP) is 2.96. The third-order valence-corrected chi connectivity index (χ3v) is 3.70. The molecule has 0 saturated heterocycles. The van der Waals surface area contributed by atoms with Crippen molar-refractivity contribution in [2.24, 2.45) is 0 Å². The lowest BCUT2D eigenvalue weighted by molar-refractivity contribution is -0.385. The number of fused-ring (bicyclic) bond motifs is 1. The van der Waals surface area contributed by atoms with Gasteiger partial charge in [-0.15, -0.1) is 0 Å². The summed E-state index contributed by atoms with van der Waals surface area (Å²) in [5, 5.41) is 14.5. The van der Waals surface area contributed by atoms with Gasteiger partial charge < -0.3 is 10.1 Å². The Morgan fingerprint density at radius 2 is 1.93 bits per heavy atom. The molecule has 7 nitrogen and oxygen atoms in total. The van der Waals surface area contributed by atoms with Crippen LogP contribution in [0.4, 0.5) is 5.69 Å². The Balaban J connectivity index is 1.54. The molecule has 0 unspecified atom stereocenters. The fourth-order valence-electron chi connectivity index (χ4n) is 2.46. The van der Waals surface area contributed by atoms with Gasteiger partial charge in [-0.1, -0.05) is 42.2 Å². The molecule has 1 N–H and O–H groups in total. The summed E-state index contributed by atoms with van der Waals surface area (Å²) in [7, 11) is 0. The van der Waals surface area contributed by atoms with Crippen LogP contribution in [0.2, 0.25) is 0 Å². The maximum Gasteiger partial charge on any atom is 0.282 e. The standard InChI is InChI=1S/C20H15N3O4/c24-20(16-9-1-2-10-17(16)23(25)26)22-12-3-4-14-27-18-11-5-7-15-8-6-13-21-19(15)18/h1-2,5-11,13H,12,14H2,(H,22,24). The molecule has 134 valence electrons. The first-order valence-corrected chi connectivity index (χ1v) is 8.10. The van der Waals surface area contributed by atoms with E-state index < -0.39 is 10.8 Å². The molecule has 3 rings (SSSR count). The van der Waals surface area contributed by atoms with E-state index in [1.165, 1.54) is 18.2 Å². The number of amides is 1. The van der Waals surface area contributed by atoms with Crippen molar-refractivity contribution < 1.29 is 14.5 Å². The topological polar surface area (TPSA) is 94.4 Å². The molecule has 1 amide bonds. The molecule has 0 fully saturated rings. The second-order valence-corrected chi connectivity index (χ2v) is 5.43. The number of nitrogens with zero attached hydrogens (tertiary/aromatic N) is 2. The Labute approximate surface area is 155 Å². The van der Waals surface area contributed by atoms with Gasteiger partial charge in [0.2, 0.25) is 0 Å². The van der Waals surface area contributed by atoms with Crippen molar-refractivity contribution in [3.63, 3.8) is 0 Å². The van der Waals surface area contributed by atoms with E-state index in [1.807, 2.05) is 30.3 Å². The zero-order valence-corrected chi connectivity index (χ0v) is 14.2. The quantitative estimate of drug-likeness (QED) is 0.428. The minimum Gasteiger partial charge on any atom is -0.479 e. The highest BCUT2D eigenvalue weighted by Gasteiger charge is 2.18. The summed E-state index contributed by atoms with van der Waals surface area (Å²) in [5.41, 5.74) is 0.517. The van der Waals surface area contributed by atoms with E-state index in [2.05, 4.69) is 22.1 Å². The molecule has 0 aliphatic carbocycles. The van der Waals surface area contributed by atoms with Crippen LogP contribution in [0, 0.1) is 22.0 Å². The first-order chi connectivity index (χ1) is 13.2. The number of hydrogen-bond acceptors (Lipinski definition) is 5. The van der Waals surface area contributed by atoms with Crippen molar-refractivity contribution in [1.82, 2.24) is 10.3 Å². The van der Waals surface area contributed by atoms with Crippen molar-refractivity contribution in [3.8, 4) is 17.6 Å². The summed E-state index contributed by atoms with van der Waals surface area (Å²) >= 11 is 0. The molecule has 0 aliphatic heterocycles. The van der Waals surface area contributed by atoms with E-state index in [4.69, 9.17) is 4.74 Å². The Morgan fingerprint density at radius 3 is 2.78 bits per heavy atom. The Kier molecular flexibility index (Phi) is 5.60. The summed E-state index contributed by atoms with van der Waals surface area (Å²) in [4.78, 5) is 26.7. The second kappa shape index (κ2) is 8.45. The normalized spacial score (nSPS) is 9.93.